The molecule has 1 aliphatic heterocycles. The average molecular weight is 639 g/mol. The van der Waals surface area contributed by atoms with E-state index in [1.807, 2.05) is 24.3 Å². The van der Waals surface area contributed by atoms with Crippen LogP contribution in [0.25, 0.3) is 22.1 Å². The highest BCUT2D eigenvalue weighted by molar-refractivity contribution is 5.89. The summed E-state index contributed by atoms with van der Waals surface area (Å²) in [6.07, 6.45) is -7.55. The molecule has 2 aromatic carbocycles. The molecule has 4 aromatic heterocycles. The smallest absolute Gasteiger partial charge is 0.431 e. The number of nitrogens with one attached hydrogen (secondary N) is 4. The first-order valence-corrected chi connectivity index (χ1v) is 14.2. The van der Waals surface area contributed by atoms with Gasteiger partial charge in [0.15, 0.2) is 0 Å². The van der Waals surface area contributed by atoms with Gasteiger partial charge >= 0.3 is 12.4 Å². The predicted octanol–water partition coefficient (Wildman–Crippen LogP) is 7.60. The van der Waals surface area contributed by atoms with Gasteiger partial charge in [0, 0.05) is 18.4 Å². The summed E-state index contributed by atoms with van der Waals surface area (Å²) in [6, 6.07) is 17.3. The number of ether oxygens (including phenoxy) is 1. The standard InChI is InChI=1S/C31H24F6N8O/c32-30(33,34)23-12-18-26(38-15-39-27(18)42-23)41-21(16-6-2-1-3-7-16)14-25-44-28(19-13-24(31(35,36)37)43-29(19)45-25)40-20-10-11-46-22-9-5-4-8-17(20)22/h1-9,12-13,15,20-21H,10-11,14H2,(H2,38,39,41,42)(H2,40,43,44,45)/t20-,21-/m1/s1. The Morgan fingerprint density at radius 3 is 2.22 bits per heavy atom. The van der Waals surface area contributed by atoms with Gasteiger partial charge in [-0.3, -0.25) is 0 Å². The molecular formula is C31H24F6N8O. The molecule has 0 spiro atoms. The van der Waals surface area contributed by atoms with E-state index in [4.69, 9.17) is 9.72 Å². The van der Waals surface area contributed by atoms with E-state index in [0.717, 1.165) is 29.6 Å². The fraction of sp³-hybridized carbons (Fsp3) is 0.226. The minimum atomic E-state index is -4.65. The molecule has 9 nitrogen and oxygen atoms in total. The maximum absolute atomic E-state index is 13.8. The monoisotopic (exact) mass is 638 g/mol. The van der Waals surface area contributed by atoms with Crippen LogP contribution in [0.3, 0.4) is 0 Å². The van der Waals surface area contributed by atoms with Gasteiger partial charge in [-0.2, -0.15) is 26.3 Å². The third kappa shape index (κ3) is 5.75. The van der Waals surface area contributed by atoms with Crippen LogP contribution in [0, 0.1) is 0 Å². The Kier molecular flexibility index (Phi) is 7.17. The van der Waals surface area contributed by atoms with Crippen molar-refractivity contribution in [2.24, 2.45) is 0 Å². The van der Waals surface area contributed by atoms with Crippen molar-refractivity contribution in [2.75, 3.05) is 17.2 Å². The molecule has 0 aliphatic carbocycles. The molecule has 0 fully saturated rings. The molecule has 0 bridgehead atoms. The molecule has 0 amide bonds. The zero-order valence-corrected chi connectivity index (χ0v) is 23.7. The summed E-state index contributed by atoms with van der Waals surface area (Å²) in [7, 11) is 0. The van der Waals surface area contributed by atoms with Crippen molar-refractivity contribution < 1.29 is 31.1 Å². The quantitative estimate of drug-likeness (QED) is 0.133. The summed E-state index contributed by atoms with van der Waals surface area (Å²) in [6.45, 7) is 0.402. The fourth-order valence-electron chi connectivity index (χ4n) is 5.56. The molecule has 6 aromatic rings. The number of nitrogens with zero attached hydrogens (tertiary/aromatic N) is 4. The molecule has 2 atom stereocenters. The van der Waals surface area contributed by atoms with Crippen LogP contribution in [0.2, 0.25) is 0 Å². The number of halogens is 6. The van der Waals surface area contributed by atoms with Crippen LogP contribution in [0.1, 0.15) is 46.8 Å². The molecule has 5 heterocycles. The number of fused-ring (bicyclic) bond motifs is 3. The lowest BCUT2D eigenvalue weighted by molar-refractivity contribution is -0.141. The number of hydrogen-bond acceptors (Lipinski definition) is 7. The minimum Gasteiger partial charge on any atom is -0.493 e. The summed E-state index contributed by atoms with van der Waals surface area (Å²) in [5.74, 6) is 1.18. The van der Waals surface area contributed by atoms with Crippen LogP contribution in [0.15, 0.2) is 73.1 Å². The number of benzene rings is 2. The first kappa shape index (κ1) is 29.4. The molecule has 7 rings (SSSR count). The molecule has 46 heavy (non-hydrogen) atoms. The van der Waals surface area contributed by atoms with Crippen molar-refractivity contribution in [1.82, 2.24) is 29.9 Å². The van der Waals surface area contributed by atoms with Crippen LogP contribution < -0.4 is 15.4 Å². The van der Waals surface area contributed by atoms with Gasteiger partial charge in [-0.1, -0.05) is 48.5 Å². The van der Waals surface area contributed by atoms with E-state index in [0.29, 0.717) is 18.8 Å². The van der Waals surface area contributed by atoms with E-state index in [2.05, 4.69) is 35.6 Å². The van der Waals surface area contributed by atoms with Crippen LogP contribution >= 0.6 is 0 Å². The van der Waals surface area contributed by atoms with E-state index in [1.165, 1.54) is 0 Å². The van der Waals surface area contributed by atoms with Crippen LogP contribution in [0.5, 0.6) is 5.75 Å². The Bertz CT molecular complexity index is 2020. The Balaban J connectivity index is 1.29. The molecule has 1 aliphatic rings. The summed E-state index contributed by atoms with van der Waals surface area (Å²) in [5, 5.41) is 6.79. The third-order valence-corrected chi connectivity index (χ3v) is 7.74. The topological polar surface area (TPSA) is 116 Å². The van der Waals surface area contributed by atoms with Crippen LogP contribution in [-0.4, -0.2) is 36.5 Å². The molecule has 236 valence electrons. The van der Waals surface area contributed by atoms with Crippen LogP contribution in [-0.2, 0) is 18.8 Å². The highest BCUT2D eigenvalue weighted by atomic mass is 19.4. The molecule has 0 unspecified atom stereocenters. The van der Waals surface area contributed by atoms with Gasteiger partial charge in [0.2, 0.25) is 0 Å². The van der Waals surface area contributed by atoms with E-state index in [9.17, 15) is 26.3 Å². The van der Waals surface area contributed by atoms with Gasteiger partial charge in [0.25, 0.3) is 0 Å². The van der Waals surface area contributed by atoms with Crippen LogP contribution in [0.4, 0.5) is 38.0 Å². The molecule has 4 N–H and O–H groups in total. The van der Waals surface area contributed by atoms with Gasteiger partial charge in [0.1, 0.15) is 52.2 Å². The second kappa shape index (κ2) is 11.2. The molecule has 0 saturated carbocycles. The van der Waals surface area contributed by atoms with Crippen molar-refractivity contribution in [3.05, 3.63) is 101 Å². The molecule has 15 heteroatoms. The minimum absolute atomic E-state index is 0.0106. The van der Waals surface area contributed by atoms with Gasteiger partial charge in [-0.15, -0.1) is 0 Å². The second-order valence-corrected chi connectivity index (χ2v) is 10.8. The molecular weight excluding hydrogens is 614 g/mol. The highest BCUT2D eigenvalue weighted by Gasteiger charge is 2.35. The normalized spacial score (nSPS) is 15.8. The molecule has 0 radical (unpaired) electrons. The van der Waals surface area contributed by atoms with E-state index < -0.39 is 29.8 Å². The van der Waals surface area contributed by atoms with Crippen molar-refractivity contribution >= 4 is 33.7 Å². The van der Waals surface area contributed by atoms with Crippen molar-refractivity contribution in [2.45, 2.75) is 37.3 Å². The van der Waals surface area contributed by atoms with Crippen molar-refractivity contribution in [1.29, 1.82) is 0 Å². The van der Waals surface area contributed by atoms with Crippen molar-refractivity contribution in [3.63, 3.8) is 0 Å². The third-order valence-electron chi connectivity index (χ3n) is 7.74. The second-order valence-electron chi connectivity index (χ2n) is 10.8. The zero-order chi connectivity index (χ0) is 32.1. The van der Waals surface area contributed by atoms with Crippen molar-refractivity contribution in [3.8, 4) is 5.75 Å². The zero-order valence-electron chi connectivity index (χ0n) is 23.7. The number of hydrogen-bond donors (Lipinski definition) is 4. The maximum Gasteiger partial charge on any atom is 0.431 e. The van der Waals surface area contributed by atoms with Gasteiger partial charge < -0.3 is 25.3 Å². The Morgan fingerprint density at radius 2 is 1.48 bits per heavy atom. The first-order valence-electron chi connectivity index (χ1n) is 14.2. The Hall–Kier alpha value is -5.34. The largest absolute Gasteiger partial charge is 0.493 e. The number of alkyl halides is 6. The van der Waals surface area contributed by atoms with E-state index >= 15 is 0 Å². The fourth-order valence-corrected chi connectivity index (χ4v) is 5.56. The number of rotatable bonds is 7. The number of aromatic nitrogens is 6. The SMILES string of the molecule is FC(F)(F)c1cc2c(N[C@H](Cc3nc(N[C@@H]4CCOc5ccccc54)c4cc(C(F)(F)F)[nH]c4n3)c3ccccc3)ncnc2[nH]1. The van der Waals surface area contributed by atoms with Gasteiger partial charge in [-0.25, -0.2) is 19.9 Å². The lowest BCUT2D eigenvalue weighted by Crippen LogP contribution is -2.21. The average Bonchev–Trinajstić information content (AvgIpc) is 3.68. The van der Waals surface area contributed by atoms with Gasteiger partial charge in [-0.05, 0) is 23.8 Å². The number of para-hydroxylation sites is 1. The number of anilines is 2. The maximum atomic E-state index is 13.8. The lowest BCUT2D eigenvalue weighted by atomic mass is 10.0. The molecule has 0 saturated heterocycles. The summed E-state index contributed by atoms with van der Waals surface area (Å²) in [4.78, 5) is 21.9. The Morgan fingerprint density at radius 1 is 0.804 bits per heavy atom. The van der Waals surface area contributed by atoms with E-state index in [1.54, 1.807) is 30.3 Å². The summed E-state index contributed by atoms with van der Waals surface area (Å²) in [5.41, 5.74) is -0.414. The first-order chi connectivity index (χ1) is 22.0. The number of H-pyrrole nitrogens is 2. The van der Waals surface area contributed by atoms with Gasteiger partial charge in [0.05, 0.1) is 29.5 Å². The summed E-state index contributed by atoms with van der Waals surface area (Å²) >= 11 is 0. The summed E-state index contributed by atoms with van der Waals surface area (Å²) < 4.78 is 87.5. The van der Waals surface area contributed by atoms with E-state index in [-0.39, 0.29) is 52.0 Å². The number of aromatic amines is 2. The highest BCUT2D eigenvalue weighted by Crippen LogP contribution is 2.38. The lowest BCUT2D eigenvalue weighted by Gasteiger charge is -2.27. The predicted molar refractivity (Wildman–Crippen MR) is 157 cm³/mol. The Labute approximate surface area is 256 Å².